The van der Waals surface area contributed by atoms with E-state index in [-0.39, 0.29) is 0 Å². The Hall–Kier alpha value is -1.24. The van der Waals surface area contributed by atoms with Gasteiger partial charge in [-0.3, -0.25) is 0 Å². The van der Waals surface area contributed by atoms with Gasteiger partial charge in [-0.25, -0.2) is 0 Å². The zero-order chi connectivity index (χ0) is 14.3. The van der Waals surface area contributed by atoms with Gasteiger partial charge in [-0.1, -0.05) is 0 Å². The van der Waals surface area contributed by atoms with E-state index in [1.165, 1.54) is 12.8 Å². The predicted molar refractivity (Wildman–Crippen MR) is 83.8 cm³/mol. The number of aromatic nitrogens is 2. The Morgan fingerprint density at radius 2 is 1.60 bits per heavy atom. The number of anilines is 1. The van der Waals surface area contributed by atoms with Crippen molar-refractivity contribution in [3.8, 4) is 0 Å². The molecule has 5 N–H and O–H groups in total. The van der Waals surface area contributed by atoms with Gasteiger partial charge in [0, 0.05) is 12.7 Å². The van der Waals surface area contributed by atoms with Crippen LogP contribution in [0.2, 0.25) is 0 Å². The van der Waals surface area contributed by atoms with E-state index in [1.807, 2.05) is 12.1 Å². The summed E-state index contributed by atoms with van der Waals surface area (Å²) in [4.78, 5) is 0. The molecule has 0 fully saturated rings. The van der Waals surface area contributed by atoms with E-state index < -0.39 is 0 Å². The predicted octanol–water partition coefficient (Wildman–Crippen LogP) is 0.587. The number of nitrogens with zero attached hydrogens (tertiary/aromatic N) is 2. The molecule has 0 aliphatic rings. The van der Waals surface area contributed by atoms with Gasteiger partial charge in [-0.15, -0.1) is 5.10 Å². The number of hydrogen-bond acceptors (Lipinski definition) is 6. The van der Waals surface area contributed by atoms with Crippen molar-refractivity contribution < 1.29 is 0 Å². The van der Waals surface area contributed by atoms with Crippen LogP contribution >= 0.6 is 0 Å². The fraction of sp³-hybridized carbons (Fsp3) is 0.714. The van der Waals surface area contributed by atoms with Gasteiger partial charge < -0.3 is 21.7 Å². The van der Waals surface area contributed by atoms with Crippen LogP contribution in [0, 0.1) is 0 Å². The summed E-state index contributed by atoms with van der Waals surface area (Å²) in [6, 6.07) is 3.81. The van der Waals surface area contributed by atoms with Crippen LogP contribution < -0.4 is 21.7 Å². The molecule has 0 bridgehead atoms. The van der Waals surface area contributed by atoms with Crippen LogP contribution in [0.1, 0.15) is 25.7 Å². The van der Waals surface area contributed by atoms with Crippen LogP contribution in [0.25, 0.3) is 0 Å². The molecular formula is C14H28N6. The molecule has 1 heterocycles. The van der Waals surface area contributed by atoms with Crippen molar-refractivity contribution in [2.24, 2.45) is 5.73 Å². The highest BCUT2D eigenvalue weighted by Gasteiger charge is 1.93. The molecule has 0 saturated carbocycles. The van der Waals surface area contributed by atoms with Crippen LogP contribution in [0.3, 0.4) is 0 Å². The molecule has 1 rings (SSSR count). The zero-order valence-electron chi connectivity index (χ0n) is 12.3. The van der Waals surface area contributed by atoms with Gasteiger partial charge in [0.2, 0.25) is 0 Å². The van der Waals surface area contributed by atoms with Crippen molar-refractivity contribution in [1.82, 2.24) is 20.8 Å². The van der Waals surface area contributed by atoms with E-state index >= 15 is 0 Å². The number of hydrogen-bond donors (Lipinski definition) is 4. The fourth-order valence-electron chi connectivity index (χ4n) is 1.80. The van der Waals surface area contributed by atoms with Gasteiger partial charge in [0.1, 0.15) is 5.82 Å². The van der Waals surface area contributed by atoms with Crippen molar-refractivity contribution in [2.45, 2.75) is 25.7 Å². The second-order valence-electron chi connectivity index (χ2n) is 4.74. The Morgan fingerprint density at radius 1 is 0.900 bits per heavy atom. The van der Waals surface area contributed by atoms with Crippen LogP contribution in [0.5, 0.6) is 0 Å². The molecule has 6 nitrogen and oxygen atoms in total. The Kier molecular flexibility index (Phi) is 10.7. The molecule has 0 atom stereocenters. The zero-order valence-corrected chi connectivity index (χ0v) is 12.3. The van der Waals surface area contributed by atoms with Gasteiger partial charge in [-0.05, 0) is 70.5 Å². The Balaban J connectivity index is 1.77. The van der Waals surface area contributed by atoms with Crippen LogP contribution in [0.4, 0.5) is 5.82 Å². The summed E-state index contributed by atoms with van der Waals surface area (Å²) in [5.74, 6) is 0.844. The summed E-state index contributed by atoms with van der Waals surface area (Å²) in [6.45, 7) is 5.95. The molecular weight excluding hydrogens is 252 g/mol. The molecule has 0 radical (unpaired) electrons. The van der Waals surface area contributed by atoms with Crippen molar-refractivity contribution in [3.05, 3.63) is 18.3 Å². The molecule has 1 aromatic heterocycles. The van der Waals surface area contributed by atoms with Gasteiger partial charge in [-0.2, -0.15) is 5.10 Å². The molecule has 0 aliphatic heterocycles. The summed E-state index contributed by atoms with van der Waals surface area (Å²) in [5, 5.41) is 17.9. The maximum absolute atomic E-state index is 5.42. The average Bonchev–Trinajstić information content (AvgIpc) is 2.49. The number of rotatable bonds is 13. The molecule has 0 unspecified atom stereocenters. The van der Waals surface area contributed by atoms with Gasteiger partial charge >= 0.3 is 0 Å². The van der Waals surface area contributed by atoms with Crippen molar-refractivity contribution in [1.29, 1.82) is 0 Å². The van der Waals surface area contributed by atoms with E-state index in [2.05, 4.69) is 26.1 Å². The lowest BCUT2D eigenvalue weighted by atomic mass is 10.3. The molecule has 0 aliphatic carbocycles. The van der Waals surface area contributed by atoms with Crippen LogP contribution in [-0.2, 0) is 0 Å². The largest absolute Gasteiger partial charge is 0.369 e. The Morgan fingerprint density at radius 3 is 2.25 bits per heavy atom. The first kappa shape index (κ1) is 16.8. The molecule has 20 heavy (non-hydrogen) atoms. The van der Waals surface area contributed by atoms with E-state index in [0.717, 1.165) is 57.9 Å². The first-order valence-corrected chi connectivity index (χ1v) is 7.56. The minimum Gasteiger partial charge on any atom is -0.369 e. The molecule has 6 heteroatoms. The highest BCUT2D eigenvalue weighted by atomic mass is 15.2. The van der Waals surface area contributed by atoms with Crippen LogP contribution in [-0.4, -0.2) is 49.5 Å². The van der Waals surface area contributed by atoms with Crippen molar-refractivity contribution in [2.75, 3.05) is 44.6 Å². The highest BCUT2D eigenvalue weighted by Crippen LogP contribution is 1.96. The summed E-state index contributed by atoms with van der Waals surface area (Å²) in [5.41, 5.74) is 5.42. The minimum absolute atomic E-state index is 0.775. The lowest BCUT2D eigenvalue weighted by Gasteiger charge is -2.07. The van der Waals surface area contributed by atoms with E-state index in [4.69, 9.17) is 5.73 Å². The van der Waals surface area contributed by atoms with Gasteiger partial charge in [0.15, 0.2) is 0 Å². The second kappa shape index (κ2) is 12.8. The number of nitrogens with two attached hydrogens (primary N) is 1. The normalized spacial score (nSPS) is 10.7. The number of nitrogens with one attached hydrogen (secondary N) is 3. The smallest absolute Gasteiger partial charge is 0.148 e. The van der Waals surface area contributed by atoms with E-state index in [1.54, 1.807) is 6.20 Å². The summed E-state index contributed by atoms with van der Waals surface area (Å²) in [6.07, 6.45) is 6.27. The first-order chi connectivity index (χ1) is 9.93. The Bertz CT molecular complexity index is 306. The lowest BCUT2D eigenvalue weighted by Crippen LogP contribution is -2.22. The van der Waals surface area contributed by atoms with Gasteiger partial charge in [0.25, 0.3) is 0 Å². The fourth-order valence-corrected chi connectivity index (χ4v) is 1.80. The van der Waals surface area contributed by atoms with Crippen LogP contribution in [0.15, 0.2) is 18.3 Å². The maximum atomic E-state index is 5.42. The van der Waals surface area contributed by atoms with E-state index in [9.17, 15) is 0 Å². The summed E-state index contributed by atoms with van der Waals surface area (Å²) >= 11 is 0. The maximum Gasteiger partial charge on any atom is 0.148 e. The standard InChI is InChI=1S/C14H28N6/c15-7-4-10-16-8-1-2-9-17-11-5-12-18-14-6-3-13-19-20-14/h3,6,13,16-17H,1-2,4-5,7-12,15H2,(H,18,20). The van der Waals surface area contributed by atoms with E-state index in [0.29, 0.717) is 0 Å². The van der Waals surface area contributed by atoms with Crippen molar-refractivity contribution >= 4 is 5.82 Å². The SMILES string of the molecule is NCCCNCCCCNCCCNc1cccnn1. The summed E-state index contributed by atoms with van der Waals surface area (Å²) < 4.78 is 0. The molecule has 0 aromatic carbocycles. The third kappa shape index (κ3) is 9.66. The molecule has 0 spiro atoms. The summed E-state index contributed by atoms with van der Waals surface area (Å²) in [7, 11) is 0. The monoisotopic (exact) mass is 280 g/mol. The molecule has 0 amide bonds. The molecule has 114 valence electrons. The first-order valence-electron chi connectivity index (χ1n) is 7.56. The third-order valence-corrected chi connectivity index (χ3v) is 2.92. The molecule has 1 aromatic rings. The minimum atomic E-state index is 0.775. The number of unbranched alkanes of at least 4 members (excludes halogenated alkanes) is 1. The highest BCUT2D eigenvalue weighted by molar-refractivity contribution is 5.30. The van der Waals surface area contributed by atoms with Gasteiger partial charge in [0.05, 0.1) is 0 Å². The molecule has 0 saturated heterocycles. The quantitative estimate of drug-likeness (QED) is 0.396. The van der Waals surface area contributed by atoms with Crippen molar-refractivity contribution in [3.63, 3.8) is 0 Å². The lowest BCUT2D eigenvalue weighted by molar-refractivity contribution is 0.572. The topological polar surface area (TPSA) is 87.9 Å². The average molecular weight is 280 g/mol. The second-order valence-corrected chi connectivity index (χ2v) is 4.74. The third-order valence-electron chi connectivity index (χ3n) is 2.92. The Labute approximate surface area is 121 Å².